The number of hydrogen-bond acceptors (Lipinski definition) is 4. The molecule has 2 rings (SSSR count). The summed E-state index contributed by atoms with van der Waals surface area (Å²) < 4.78 is 11.0. The van der Waals surface area contributed by atoms with Crippen molar-refractivity contribution in [3.05, 3.63) is 59.1 Å². The van der Waals surface area contributed by atoms with Gasteiger partial charge in [0, 0.05) is 5.02 Å². The molecular weight excluding hydrogens is 380 g/mol. The fraction of sp³-hybridized carbons (Fsp3) is 0.333. The second kappa shape index (κ2) is 9.46. The van der Waals surface area contributed by atoms with Crippen LogP contribution in [0, 0.1) is 0 Å². The zero-order valence-electron chi connectivity index (χ0n) is 16.4. The summed E-state index contributed by atoms with van der Waals surface area (Å²) in [5.74, 6) is 0.438. The summed E-state index contributed by atoms with van der Waals surface area (Å²) in [7, 11) is 0. The van der Waals surface area contributed by atoms with Crippen LogP contribution in [0.15, 0.2) is 48.5 Å². The van der Waals surface area contributed by atoms with Gasteiger partial charge in [-0.05, 0) is 69.7 Å². The highest BCUT2D eigenvalue weighted by Crippen LogP contribution is 2.24. The van der Waals surface area contributed by atoms with Gasteiger partial charge in [0.1, 0.15) is 11.5 Å². The Morgan fingerprint density at radius 3 is 2.14 bits per heavy atom. The molecule has 0 radical (unpaired) electrons. The normalized spacial score (nSPS) is 12.0. The summed E-state index contributed by atoms with van der Waals surface area (Å²) in [6.07, 6.45) is -0.795. The number of hydrogen-bond donors (Lipinski definition) is 2. The molecule has 2 N–H and O–H groups in total. The van der Waals surface area contributed by atoms with Crippen LogP contribution in [-0.4, -0.2) is 24.5 Å². The SMILES string of the molecule is CCOc1ccc(OC(C)C(=O)NNC(=O)C(C)(C)c2ccc(Cl)cc2)cc1. The minimum atomic E-state index is -0.850. The molecule has 0 heterocycles. The Balaban J connectivity index is 1.89. The summed E-state index contributed by atoms with van der Waals surface area (Å²) in [5.41, 5.74) is 4.79. The molecule has 2 amide bonds. The number of benzene rings is 2. The highest BCUT2D eigenvalue weighted by atomic mass is 35.5. The second-order valence-electron chi connectivity index (χ2n) is 6.74. The maximum absolute atomic E-state index is 12.5. The maximum atomic E-state index is 12.5. The molecule has 0 fully saturated rings. The van der Waals surface area contributed by atoms with Crippen molar-refractivity contribution in [3.63, 3.8) is 0 Å². The number of hydrazine groups is 1. The number of carbonyl (C=O) groups is 2. The highest BCUT2D eigenvalue weighted by molar-refractivity contribution is 6.30. The fourth-order valence-electron chi connectivity index (χ4n) is 2.41. The number of halogens is 1. The molecular formula is C21H25ClN2O4. The number of carbonyl (C=O) groups excluding carboxylic acids is 2. The predicted octanol–water partition coefficient (Wildman–Crippen LogP) is 3.63. The molecule has 28 heavy (non-hydrogen) atoms. The third-order valence-corrected chi connectivity index (χ3v) is 4.50. The van der Waals surface area contributed by atoms with Crippen molar-refractivity contribution in [3.8, 4) is 11.5 Å². The van der Waals surface area contributed by atoms with Crippen LogP contribution >= 0.6 is 11.6 Å². The van der Waals surface area contributed by atoms with Crippen LogP contribution in [0.3, 0.4) is 0 Å². The Labute approximate surface area is 170 Å². The Bertz CT molecular complexity index is 804. The second-order valence-corrected chi connectivity index (χ2v) is 7.18. The molecule has 0 aliphatic carbocycles. The van der Waals surface area contributed by atoms with Crippen LogP contribution in [-0.2, 0) is 15.0 Å². The molecule has 2 aromatic carbocycles. The summed E-state index contributed by atoms with van der Waals surface area (Å²) in [6, 6.07) is 14.0. The van der Waals surface area contributed by atoms with E-state index in [0.29, 0.717) is 17.4 Å². The minimum Gasteiger partial charge on any atom is -0.494 e. The van der Waals surface area contributed by atoms with E-state index >= 15 is 0 Å². The molecule has 0 spiro atoms. The van der Waals surface area contributed by atoms with Gasteiger partial charge in [0.15, 0.2) is 6.10 Å². The van der Waals surface area contributed by atoms with E-state index in [2.05, 4.69) is 10.9 Å². The van der Waals surface area contributed by atoms with E-state index in [9.17, 15) is 9.59 Å². The average molecular weight is 405 g/mol. The molecule has 0 aliphatic rings. The maximum Gasteiger partial charge on any atom is 0.279 e. The Morgan fingerprint density at radius 1 is 1.00 bits per heavy atom. The van der Waals surface area contributed by atoms with E-state index in [1.54, 1.807) is 69.3 Å². The first-order chi connectivity index (χ1) is 13.2. The van der Waals surface area contributed by atoms with Crippen molar-refractivity contribution in [2.45, 2.75) is 39.2 Å². The van der Waals surface area contributed by atoms with Gasteiger partial charge in [-0.25, -0.2) is 0 Å². The molecule has 7 heteroatoms. The van der Waals surface area contributed by atoms with Crippen LogP contribution in [0.25, 0.3) is 0 Å². The lowest BCUT2D eigenvalue weighted by Gasteiger charge is -2.25. The van der Waals surface area contributed by atoms with Gasteiger partial charge < -0.3 is 9.47 Å². The Kier molecular flexibility index (Phi) is 7.29. The quantitative estimate of drug-likeness (QED) is 0.691. The first-order valence-corrected chi connectivity index (χ1v) is 9.37. The number of amides is 2. The van der Waals surface area contributed by atoms with Gasteiger partial charge in [0.05, 0.1) is 12.0 Å². The lowest BCUT2D eigenvalue weighted by molar-refractivity contribution is -0.134. The molecule has 1 atom stereocenters. The third-order valence-electron chi connectivity index (χ3n) is 4.25. The number of rotatable bonds is 7. The van der Waals surface area contributed by atoms with Crippen LogP contribution in [0.4, 0.5) is 0 Å². The topological polar surface area (TPSA) is 76.7 Å². The number of nitrogens with one attached hydrogen (secondary N) is 2. The van der Waals surface area contributed by atoms with E-state index in [-0.39, 0.29) is 5.91 Å². The minimum absolute atomic E-state index is 0.351. The van der Waals surface area contributed by atoms with Gasteiger partial charge in [-0.2, -0.15) is 0 Å². The molecule has 0 saturated carbocycles. The van der Waals surface area contributed by atoms with E-state index < -0.39 is 17.4 Å². The molecule has 1 unspecified atom stereocenters. The van der Waals surface area contributed by atoms with Crippen molar-refractivity contribution in [1.29, 1.82) is 0 Å². The van der Waals surface area contributed by atoms with Crippen LogP contribution in [0.2, 0.25) is 5.02 Å². The summed E-state index contributed by atoms with van der Waals surface area (Å²) in [4.78, 5) is 24.8. The molecule has 0 bridgehead atoms. The van der Waals surface area contributed by atoms with Gasteiger partial charge in [0.25, 0.3) is 5.91 Å². The molecule has 2 aromatic rings. The van der Waals surface area contributed by atoms with Crippen LogP contribution in [0.5, 0.6) is 11.5 Å². The predicted molar refractivity (Wildman–Crippen MR) is 108 cm³/mol. The lowest BCUT2D eigenvalue weighted by Crippen LogP contribution is -2.52. The first kappa shape index (κ1) is 21.6. The Morgan fingerprint density at radius 2 is 1.57 bits per heavy atom. The van der Waals surface area contributed by atoms with E-state index in [1.165, 1.54) is 0 Å². The molecule has 0 aliphatic heterocycles. The smallest absolute Gasteiger partial charge is 0.279 e. The summed E-state index contributed by atoms with van der Waals surface area (Å²) >= 11 is 5.89. The van der Waals surface area contributed by atoms with Gasteiger partial charge in [-0.15, -0.1) is 0 Å². The molecule has 0 aromatic heterocycles. The monoisotopic (exact) mass is 404 g/mol. The van der Waals surface area contributed by atoms with Crippen LogP contribution < -0.4 is 20.3 Å². The summed E-state index contributed by atoms with van der Waals surface area (Å²) in [5, 5.41) is 0.591. The zero-order chi connectivity index (χ0) is 20.7. The largest absolute Gasteiger partial charge is 0.494 e. The van der Waals surface area contributed by atoms with Gasteiger partial charge >= 0.3 is 0 Å². The standard InChI is InChI=1S/C21H25ClN2O4/c1-5-27-17-10-12-18(13-11-17)28-14(2)19(25)23-24-20(26)21(3,4)15-6-8-16(22)9-7-15/h6-14H,5H2,1-4H3,(H,23,25)(H,24,26). The van der Waals surface area contributed by atoms with Crippen molar-refractivity contribution in [2.24, 2.45) is 0 Å². The average Bonchev–Trinajstić information content (AvgIpc) is 2.67. The number of ether oxygens (including phenoxy) is 2. The van der Waals surface area contributed by atoms with Crippen molar-refractivity contribution >= 4 is 23.4 Å². The first-order valence-electron chi connectivity index (χ1n) is 9.00. The van der Waals surface area contributed by atoms with E-state index in [0.717, 1.165) is 11.3 Å². The fourth-order valence-corrected chi connectivity index (χ4v) is 2.54. The molecule has 150 valence electrons. The third kappa shape index (κ3) is 5.63. The van der Waals surface area contributed by atoms with E-state index in [4.69, 9.17) is 21.1 Å². The van der Waals surface area contributed by atoms with Crippen molar-refractivity contribution in [2.75, 3.05) is 6.61 Å². The van der Waals surface area contributed by atoms with Gasteiger partial charge in [-0.3, -0.25) is 20.4 Å². The molecule has 6 nitrogen and oxygen atoms in total. The molecule has 0 saturated heterocycles. The lowest BCUT2D eigenvalue weighted by atomic mass is 9.84. The van der Waals surface area contributed by atoms with Crippen LogP contribution in [0.1, 0.15) is 33.3 Å². The van der Waals surface area contributed by atoms with E-state index in [1.807, 2.05) is 6.92 Å². The van der Waals surface area contributed by atoms with Gasteiger partial charge in [0.2, 0.25) is 5.91 Å². The van der Waals surface area contributed by atoms with Gasteiger partial charge in [-0.1, -0.05) is 23.7 Å². The zero-order valence-corrected chi connectivity index (χ0v) is 17.2. The van der Waals surface area contributed by atoms with Crippen molar-refractivity contribution in [1.82, 2.24) is 10.9 Å². The summed E-state index contributed by atoms with van der Waals surface area (Å²) in [6.45, 7) is 7.60. The highest BCUT2D eigenvalue weighted by Gasteiger charge is 2.30. The Hall–Kier alpha value is -2.73. The van der Waals surface area contributed by atoms with Crippen molar-refractivity contribution < 1.29 is 19.1 Å².